The van der Waals surface area contributed by atoms with Crippen LogP contribution in [0.4, 0.5) is 8.78 Å². The average molecular weight is 423 g/mol. The minimum absolute atomic E-state index is 0.0769. The summed E-state index contributed by atoms with van der Waals surface area (Å²) in [6.07, 6.45) is 7.82. The molecule has 162 valence electrons. The molecule has 0 bridgehead atoms. The molecular weight excluding hydrogens is 394 g/mol. The molecule has 2 aromatic carbocycles. The number of amides is 1. The van der Waals surface area contributed by atoms with Gasteiger partial charge in [-0.3, -0.25) is 4.79 Å². The number of hydrogen-bond acceptors (Lipinski definition) is 1. The highest BCUT2D eigenvalue weighted by molar-refractivity contribution is 5.79. The van der Waals surface area contributed by atoms with Crippen LogP contribution in [0.3, 0.4) is 0 Å². The van der Waals surface area contributed by atoms with Gasteiger partial charge in [0.15, 0.2) is 0 Å². The first-order valence-corrected chi connectivity index (χ1v) is 11.0. The average Bonchev–Trinajstić information content (AvgIpc) is 3.22. The summed E-state index contributed by atoms with van der Waals surface area (Å²) >= 11 is 0. The van der Waals surface area contributed by atoms with Gasteiger partial charge in [-0.05, 0) is 60.4 Å². The van der Waals surface area contributed by atoms with E-state index in [1.54, 1.807) is 24.3 Å². The molecule has 1 aliphatic carbocycles. The minimum atomic E-state index is -0.293. The highest BCUT2D eigenvalue weighted by Crippen LogP contribution is 2.25. The lowest BCUT2D eigenvalue weighted by molar-refractivity contribution is -0.134. The first-order chi connectivity index (χ1) is 15.1. The monoisotopic (exact) mass is 422 g/mol. The Balaban J connectivity index is 1.52. The van der Waals surface area contributed by atoms with Crippen molar-refractivity contribution in [3.05, 3.63) is 95.3 Å². The molecule has 0 unspecified atom stereocenters. The van der Waals surface area contributed by atoms with E-state index in [-0.39, 0.29) is 30.0 Å². The molecule has 1 heterocycles. The number of benzene rings is 2. The molecule has 4 rings (SSSR count). The zero-order valence-corrected chi connectivity index (χ0v) is 17.6. The van der Waals surface area contributed by atoms with Gasteiger partial charge in [0.25, 0.3) is 0 Å². The minimum Gasteiger partial charge on any atom is -0.345 e. The third-order valence-electron chi connectivity index (χ3n) is 6.13. The van der Waals surface area contributed by atoms with Gasteiger partial charge in [0.1, 0.15) is 11.6 Å². The van der Waals surface area contributed by atoms with Crippen LogP contribution in [0.15, 0.2) is 66.9 Å². The summed E-state index contributed by atoms with van der Waals surface area (Å²) in [7, 11) is 0. The van der Waals surface area contributed by atoms with E-state index in [9.17, 15) is 13.6 Å². The Morgan fingerprint density at radius 1 is 0.871 bits per heavy atom. The Hall–Kier alpha value is -2.95. The van der Waals surface area contributed by atoms with Crippen molar-refractivity contribution in [1.29, 1.82) is 0 Å². The topological polar surface area (TPSA) is 25.2 Å². The molecule has 0 spiro atoms. The number of rotatable bonds is 7. The number of carbonyl (C=O) groups excluding carboxylic acids is 1. The third kappa shape index (κ3) is 5.60. The van der Waals surface area contributed by atoms with Crippen LogP contribution in [0.5, 0.6) is 0 Å². The molecule has 1 amide bonds. The van der Waals surface area contributed by atoms with Crippen LogP contribution in [0.2, 0.25) is 0 Å². The fraction of sp³-hybridized carbons (Fsp3) is 0.346. The van der Waals surface area contributed by atoms with E-state index in [1.165, 1.54) is 30.7 Å². The van der Waals surface area contributed by atoms with Gasteiger partial charge in [0, 0.05) is 24.5 Å². The van der Waals surface area contributed by atoms with E-state index < -0.39 is 0 Å². The molecule has 0 aliphatic heterocycles. The molecular formula is C26H28F2N2O. The summed E-state index contributed by atoms with van der Waals surface area (Å²) in [5, 5.41) is 0. The lowest BCUT2D eigenvalue weighted by Crippen LogP contribution is -2.42. The fourth-order valence-electron chi connectivity index (χ4n) is 4.40. The van der Waals surface area contributed by atoms with Crippen LogP contribution in [0.1, 0.15) is 48.9 Å². The van der Waals surface area contributed by atoms with Gasteiger partial charge < -0.3 is 9.47 Å². The Morgan fingerprint density at radius 3 is 2.13 bits per heavy atom. The summed E-state index contributed by atoms with van der Waals surface area (Å²) in [4.78, 5) is 15.3. The second-order valence-electron chi connectivity index (χ2n) is 8.37. The molecule has 0 radical (unpaired) electrons. The lowest BCUT2D eigenvalue weighted by atomic mass is 9.93. The molecule has 3 nitrogen and oxygen atoms in total. The van der Waals surface area contributed by atoms with Crippen LogP contribution in [0.25, 0.3) is 0 Å². The van der Waals surface area contributed by atoms with Gasteiger partial charge in [0.05, 0.1) is 13.0 Å². The molecule has 1 saturated carbocycles. The maximum atomic E-state index is 13.3. The zero-order valence-electron chi connectivity index (χ0n) is 17.6. The Morgan fingerprint density at radius 2 is 1.48 bits per heavy atom. The zero-order chi connectivity index (χ0) is 21.6. The van der Waals surface area contributed by atoms with E-state index in [1.807, 2.05) is 23.2 Å². The molecule has 1 fully saturated rings. The van der Waals surface area contributed by atoms with Crippen LogP contribution >= 0.6 is 0 Å². The van der Waals surface area contributed by atoms with Crippen molar-refractivity contribution < 1.29 is 13.6 Å². The molecule has 3 aromatic rings. The van der Waals surface area contributed by atoms with E-state index in [2.05, 4.69) is 4.57 Å². The number of hydrogen-bond donors (Lipinski definition) is 0. The van der Waals surface area contributed by atoms with Gasteiger partial charge in [-0.1, -0.05) is 43.5 Å². The Kier molecular flexibility index (Phi) is 6.80. The van der Waals surface area contributed by atoms with E-state index in [0.29, 0.717) is 13.1 Å². The van der Waals surface area contributed by atoms with Crippen molar-refractivity contribution in [1.82, 2.24) is 9.47 Å². The van der Waals surface area contributed by atoms with Gasteiger partial charge in [-0.25, -0.2) is 8.78 Å². The predicted molar refractivity (Wildman–Crippen MR) is 117 cm³/mol. The van der Waals surface area contributed by atoms with Gasteiger partial charge in [0.2, 0.25) is 5.91 Å². The van der Waals surface area contributed by atoms with Gasteiger partial charge in [-0.15, -0.1) is 0 Å². The summed E-state index contributed by atoms with van der Waals surface area (Å²) in [5.41, 5.74) is 2.90. The lowest BCUT2D eigenvalue weighted by Gasteiger charge is -2.35. The Labute approximate surface area is 182 Å². The van der Waals surface area contributed by atoms with E-state index in [4.69, 9.17) is 0 Å². The third-order valence-corrected chi connectivity index (χ3v) is 6.13. The van der Waals surface area contributed by atoms with E-state index >= 15 is 0 Å². The quantitative estimate of drug-likeness (QED) is 0.478. The predicted octanol–water partition coefficient (Wildman–Crippen LogP) is 5.72. The van der Waals surface area contributed by atoms with Crippen molar-refractivity contribution >= 4 is 5.91 Å². The molecule has 5 heteroatoms. The molecule has 0 atom stereocenters. The largest absolute Gasteiger partial charge is 0.345 e. The molecule has 0 saturated heterocycles. The summed E-state index contributed by atoms with van der Waals surface area (Å²) in [5.74, 6) is -0.460. The van der Waals surface area contributed by atoms with Crippen molar-refractivity contribution in [2.75, 3.05) is 0 Å². The molecule has 1 aromatic heterocycles. The van der Waals surface area contributed by atoms with Crippen LogP contribution in [0, 0.1) is 11.6 Å². The maximum absolute atomic E-state index is 13.3. The normalized spacial score (nSPS) is 14.5. The number of carbonyl (C=O) groups is 1. The summed E-state index contributed by atoms with van der Waals surface area (Å²) in [6.45, 7) is 1.17. The standard InChI is InChI=1S/C26H28F2N2O/c27-22-12-8-20(9-13-22)17-26(31)30(24-5-2-1-3-6-24)19-25-7-4-16-29(25)18-21-10-14-23(28)15-11-21/h4,7-16,24H,1-3,5-6,17-19H2. The van der Waals surface area contributed by atoms with Gasteiger partial charge >= 0.3 is 0 Å². The highest BCUT2D eigenvalue weighted by atomic mass is 19.1. The SMILES string of the molecule is O=C(Cc1ccc(F)cc1)N(Cc1cccn1Cc1ccc(F)cc1)C1CCCCC1. The smallest absolute Gasteiger partial charge is 0.227 e. The van der Waals surface area contributed by atoms with Crippen molar-refractivity contribution in [2.24, 2.45) is 0 Å². The van der Waals surface area contributed by atoms with Crippen molar-refractivity contribution in [2.45, 2.75) is 57.7 Å². The summed E-state index contributed by atoms with van der Waals surface area (Å²) < 4.78 is 28.6. The van der Waals surface area contributed by atoms with E-state index in [0.717, 1.165) is 42.5 Å². The Bertz CT molecular complexity index is 989. The van der Waals surface area contributed by atoms with Crippen LogP contribution < -0.4 is 0 Å². The number of halogens is 2. The first kappa shape index (κ1) is 21.3. The maximum Gasteiger partial charge on any atom is 0.227 e. The first-order valence-electron chi connectivity index (χ1n) is 11.0. The molecule has 1 aliphatic rings. The molecule has 0 N–H and O–H groups in total. The van der Waals surface area contributed by atoms with Crippen molar-refractivity contribution in [3.8, 4) is 0 Å². The summed E-state index contributed by atoms with van der Waals surface area (Å²) in [6, 6.07) is 17.0. The second kappa shape index (κ2) is 9.90. The van der Waals surface area contributed by atoms with Crippen molar-refractivity contribution in [3.63, 3.8) is 0 Å². The molecule has 31 heavy (non-hydrogen) atoms. The number of nitrogens with zero attached hydrogens (tertiary/aromatic N) is 2. The number of aromatic nitrogens is 1. The second-order valence-corrected chi connectivity index (χ2v) is 8.37. The fourth-order valence-corrected chi connectivity index (χ4v) is 4.40. The van der Waals surface area contributed by atoms with Crippen LogP contribution in [-0.2, 0) is 24.3 Å². The van der Waals surface area contributed by atoms with Gasteiger partial charge in [-0.2, -0.15) is 0 Å². The highest BCUT2D eigenvalue weighted by Gasteiger charge is 2.26. The van der Waals surface area contributed by atoms with Crippen LogP contribution in [-0.4, -0.2) is 21.4 Å².